The summed E-state index contributed by atoms with van der Waals surface area (Å²) in [4.78, 5) is 17.6. The molecule has 1 aromatic heterocycles. The topological polar surface area (TPSA) is 42.0 Å². The molecule has 106 valence electrons. The highest BCUT2D eigenvalue weighted by Crippen LogP contribution is 2.25. The molecule has 3 nitrogen and oxygen atoms in total. The zero-order valence-electron chi connectivity index (χ0n) is 12.2. The normalized spacial score (nSPS) is 17.5. The third-order valence-electron chi connectivity index (χ3n) is 3.70. The number of hydrogen-bond donors (Lipinski definition) is 1. The standard InChI is InChI=1S/C15H24N2OS/c1-10(2)15-16-11(3)13(19-15)14(18)17-12-8-6-4-5-7-9-12/h10,12H,4-9H2,1-3H3,(H,17,18). The summed E-state index contributed by atoms with van der Waals surface area (Å²) in [6, 6.07) is 0.360. The lowest BCUT2D eigenvalue weighted by Crippen LogP contribution is -2.34. The van der Waals surface area contributed by atoms with Gasteiger partial charge in [0.2, 0.25) is 0 Å². The number of carbonyl (C=O) groups excluding carboxylic acids is 1. The summed E-state index contributed by atoms with van der Waals surface area (Å²) in [5, 5.41) is 4.26. The van der Waals surface area contributed by atoms with Gasteiger partial charge in [-0.25, -0.2) is 4.98 Å². The fourth-order valence-corrected chi connectivity index (χ4v) is 3.52. The van der Waals surface area contributed by atoms with E-state index in [2.05, 4.69) is 24.1 Å². The van der Waals surface area contributed by atoms with Crippen LogP contribution in [0.4, 0.5) is 0 Å². The molecule has 1 aliphatic rings. The number of carbonyl (C=O) groups is 1. The average molecular weight is 280 g/mol. The van der Waals surface area contributed by atoms with Crippen LogP contribution in [0, 0.1) is 6.92 Å². The van der Waals surface area contributed by atoms with Gasteiger partial charge in [0.05, 0.1) is 10.7 Å². The number of aromatic nitrogens is 1. The van der Waals surface area contributed by atoms with Crippen LogP contribution >= 0.6 is 11.3 Å². The Bertz CT molecular complexity index is 431. The van der Waals surface area contributed by atoms with Gasteiger partial charge in [-0.1, -0.05) is 39.5 Å². The zero-order chi connectivity index (χ0) is 13.8. The summed E-state index contributed by atoms with van der Waals surface area (Å²) in [6.07, 6.45) is 7.35. The molecule has 0 aliphatic heterocycles. The molecule has 1 fully saturated rings. The molecule has 0 bridgehead atoms. The second kappa shape index (κ2) is 6.51. The predicted molar refractivity (Wildman–Crippen MR) is 79.9 cm³/mol. The zero-order valence-corrected chi connectivity index (χ0v) is 13.0. The Hall–Kier alpha value is -0.900. The molecule has 1 aliphatic carbocycles. The maximum atomic E-state index is 12.3. The van der Waals surface area contributed by atoms with Crippen molar-refractivity contribution in [3.63, 3.8) is 0 Å². The van der Waals surface area contributed by atoms with E-state index in [0.29, 0.717) is 12.0 Å². The molecule has 4 heteroatoms. The average Bonchev–Trinajstić information content (AvgIpc) is 2.58. The van der Waals surface area contributed by atoms with E-state index in [9.17, 15) is 4.79 Å². The van der Waals surface area contributed by atoms with E-state index in [-0.39, 0.29) is 5.91 Å². The Balaban J connectivity index is 2.02. The Labute approximate surface area is 119 Å². The number of nitrogens with zero attached hydrogens (tertiary/aromatic N) is 1. The van der Waals surface area contributed by atoms with Crippen LogP contribution in [-0.4, -0.2) is 16.9 Å². The van der Waals surface area contributed by atoms with Crippen LogP contribution in [0.2, 0.25) is 0 Å². The molecule has 1 N–H and O–H groups in total. The summed E-state index contributed by atoms with van der Waals surface area (Å²) in [6.45, 7) is 6.17. The maximum Gasteiger partial charge on any atom is 0.263 e. The molecule has 0 radical (unpaired) electrons. The quantitative estimate of drug-likeness (QED) is 0.849. The Morgan fingerprint density at radius 2 is 1.89 bits per heavy atom. The summed E-state index contributed by atoms with van der Waals surface area (Å²) < 4.78 is 0. The van der Waals surface area contributed by atoms with Crippen LogP contribution in [0.1, 0.15) is 78.7 Å². The van der Waals surface area contributed by atoms with Gasteiger partial charge in [-0.05, 0) is 19.8 Å². The smallest absolute Gasteiger partial charge is 0.263 e. The SMILES string of the molecule is Cc1nc(C(C)C)sc1C(=O)NC1CCCCCC1. The van der Waals surface area contributed by atoms with Gasteiger partial charge < -0.3 is 5.32 Å². The van der Waals surface area contributed by atoms with Crippen molar-refractivity contribution in [3.8, 4) is 0 Å². The molecular formula is C15H24N2OS. The second-order valence-corrected chi connectivity index (χ2v) is 6.81. The van der Waals surface area contributed by atoms with Crippen LogP contribution in [0.15, 0.2) is 0 Å². The number of nitrogens with one attached hydrogen (secondary N) is 1. The highest BCUT2D eigenvalue weighted by Gasteiger charge is 2.20. The van der Waals surface area contributed by atoms with Gasteiger partial charge in [0.1, 0.15) is 4.88 Å². The van der Waals surface area contributed by atoms with Gasteiger partial charge in [0.25, 0.3) is 5.91 Å². The molecule has 19 heavy (non-hydrogen) atoms. The molecule has 0 atom stereocenters. The predicted octanol–water partition coefficient (Wildman–Crippen LogP) is 4.03. The van der Waals surface area contributed by atoms with Crippen molar-refractivity contribution in [2.24, 2.45) is 0 Å². The van der Waals surface area contributed by atoms with E-state index in [1.54, 1.807) is 11.3 Å². The van der Waals surface area contributed by atoms with Crippen molar-refractivity contribution >= 4 is 17.2 Å². The van der Waals surface area contributed by atoms with Crippen molar-refractivity contribution in [2.75, 3.05) is 0 Å². The number of aryl methyl sites for hydroxylation is 1. The highest BCUT2D eigenvalue weighted by molar-refractivity contribution is 7.13. The van der Waals surface area contributed by atoms with Gasteiger partial charge in [0.15, 0.2) is 0 Å². The lowest BCUT2D eigenvalue weighted by atomic mass is 10.1. The summed E-state index contributed by atoms with van der Waals surface area (Å²) >= 11 is 1.55. The molecule has 1 heterocycles. The minimum Gasteiger partial charge on any atom is -0.349 e. The summed E-state index contributed by atoms with van der Waals surface area (Å²) in [5.41, 5.74) is 0.875. The Morgan fingerprint density at radius 1 is 1.26 bits per heavy atom. The van der Waals surface area contributed by atoms with Gasteiger partial charge in [-0.2, -0.15) is 0 Å². The van der Waals surface area contributed by atoms with Crippen LogP contribution in [0.25, 0.3) is 0 Å². The first kappa shape index (κ1) is 14.5. The molecule has 1 saturated carbocycles. The van der Waals surface area contributed by atoms with Crippen LogP contribution in [0.5, 0.6) is 0 Å². The molecule has 0 unspecified atom stereocenters. The molecule has 1 amide bonds. The Kier molecular flexibility index (Phi) is 4.97. The second-order valence-electron chi connectivity index (χ2n) is 5.78. The summed E-state index contributed by atoms with van der Waals surface area (Å²) in [7, 11) is 0. The van der Waals surface area contributed by atoms with Crippen LogP contribution in [0.3, 0.4) is 0 Å². The number of thiazole rings is 1. The first-order chi connectivity index (χ1) is 9.08. The van der Waals surface area contributed by atoms with Crippen molar-refractivity contribution in [1.82, 2.24) is 10.3 Å². The first-order valence-corrected chi connectivity index (χ1v) is 8.17. The molecular weight excluding hydrogens is 256 g/mol. The first-order valence-electron chi connectivity index (χ1n) is 7.36. The number of hydrogen-bond acceptors (Lipinski definition) is 3. The highest BCUT2D eigenvalue weighted by atomic mass is 32.1. The number of rotatable bonds is 3. The van der Waals surface area contributed by atoms with E-state index in [0.717, 1.165) is 28.4 Å². The number of amides is 1. The van der Waals surface area contributed by atoms with Crippen LogP contribution in [-0.2, 0) is 0 Å². The van der Waals surface area contributed by atoms with E-state index >= 15 is 0 Å². The lowest BCUT2D eigenvalue weighted by Gasteiger charge is -2.15. The molecule has 0 saturated heterocycles. The van der Waals surface area contributed by atoms with Crippen molar-refractivity contribution in [3.05, 3.63) is 15.6 Å². The molecule has 0 aromatic carbocycles. The van der Waals surface area contributed by atoms with Gasteiger partial charge >= 0.3 is 0 Å². The molecule has 2 rings (SSSR count). The lowest BCUT2D eigenvalue weighted by molar-refractivity contribution is 0.0936. The van der Waals surface area contributed by atoms with E-state index in [1.807, 2.05) is 6.92 Å². The molecule has 0 spiro atoms. The Morgan fingerprint density at radius 3 is 2.42 bits per heavy atom. The third kappa shape index (κ3) is 3.78. The minimum atomic E-state index is 0.0776. The largest absolute Gasteiger partial charge is 0.349 e. The van der Waals surface area contributed by atoms with E-state index < -0.39 is 0 Å². The van der Waals surface area contributed by atoms with Gasteiger partial charge in [0, 0.05) is 12.0 Å². The van der Waals surface area contributed by atoms with Crippen LogP contribution < -0.4 is 5.32 Å². The van der Waals surface area contributed by atoms with Gasteiger partial charge in [-0.15, -0.1) is 11.3 Å². The van der Waals surface area contributed by atoms with E-state index in [1.165, 1.54) is 25.7 Å². The summed E-state index contributed by atoms with van der Waals surface area (Å²) in [5.74, 6) is 0.469. The fourth-order valence-electron chi connectivity index (χ4n) is 2.55. The van der Waals surface area contributed by atoms with Crippen molar-refractivity contribution in [2.45, 2.75) is 71.3 Å². The monoisotopic (exact) mass is 280 g/mol. The van der Waals surface area contributed by atoms with Crippen molar-refractivity contribution in [1.29, 1.82) is 0 Å². The third-order valence-corrected chi connectivity index (χ3v) is 5.16. The van der Waals surface area contributed by atoms with Gasteiger partial charge in [-0.3, -0.25) is 4.79 Å². The fraction of sp³-hybridized carbons (Fsp3) is 0.733. The molecule has 1 aromatic rings. The van der Waals surface area contributed by atoms with E-state index in [4.69, 9.17) is 0 Å². The minimum absolute atomic E-state index is 0.0776. The maximum absolute atomic E-state index is 12.3. The van der Waals surface area contributed by atoms with Crippen molar-refractivity contribution < 1.29 is 4.79 Å².